The van der Waals surface area contributed by atoms with Crippen LogP contribution in [0, 0.1) is 0 Å². The molecule has 0 saturated heterocycles. The lowest BCUT2D eigenvalue weighted by atomic mass is 10.2. The maximum atomic E-state index is 12.9. The number of anilines is 1. The summed E-state index contributed by atoms with van der Waals surface area (Å²) in [5, 5.41) is 3.94. The summed E-state index contributed by atoms with van der Waals surface area (Å²) in [6.45, 7) is 0.575. The number of methoxy groups -OCH3 is 1. The summed E-state index contributed by atoms with van der Waals surface area (Å²) in [4.78, 5) is 23.1. The second kappa shape index (κ2) is 7.00. The van der Waals surface area contributed by atoms with Gasteiger partial charge in [0.1, 0.15) is 11.3 Å². The summed E-state index contributed by atoms with van der Waals surface area (Å²) in [7, 11) is 1.61. The molecule has 0 unspecified atom stereocenters. The number of nitrogens with zero attached hydrogens (tertiary/aromatic N) is 3. The molecule has 1 N–H and O–H groups in total. The fourth-order valence-electron chi connectivity index (χ4n) is 3.02. The molecule has 2 amide bonds. The van der Waals surface area contributed by atoms with Crippen LogP contribution in [0.3, 0.4) is 0 Å². The molecule has 0 aliphatic heterocycles. The number of rotatable bonds is 5. The van der Waals surface area contributed by atoms with Gasteiger partial charge in [0.2, 0.25) is 0 Å². The van der Waals surface area contributed by atoms with E-state index in [0.717, 1.165) is 29.3 Å². The third kappa shape index (κ3) is 3.44. The molecule has 6 heteroatoms. The molecule has 0 radical (unpaired) electrons. The highest BCUT2D eigenvalue weighted by molar-refractivity contribution is 5.95. The highest BCUT2D eigenvalue weighted by Gasteiger charge is 2.32. The smallest absolute Gasteiger partial charge is 0.322 e. The van der Waals surface area contributed by atoms with E-state index < -0.39 is 0 Å². The third-order valence-electron chi connectivity index (χ3n) is 4.49. The van der Waals surface area contributed by atoms with Crippen molar-refractivity contribution < 1.29 is 9.53 Å². The zero-order valence-electron chi connectivity index (χ0n) is 14.6. The zero-order chi connectivity index (χ0) is 17.9. The average Bonchev–Trinajstić information content (AvgIpc) is 3.51. The van der Waals surface area contributed by atoms with Gasteiger partial charge in [0.15, 0.2) is 0 Å². The lowest BCUT2D eigenvalue weighted by Gasteiger charge is -2.23. The molecule has 3 aromatic rings. The number of hydrogen-bond donors (Lipinski definition) is 1. The molecule has 4 rings (SSSR count). The first kappa shape index (κ1) is 16.3. The topological polar surface area (TPSA) is 67.3 Å². The molecular formula is C20H20N4O2. The molecule has 1 fully saturated rings. The van der Waals surface area contributed by atoms with Crippen molar-refractivity contribution in [2.45, 2.75) is 25.4 Å². The number of amides is 2. The number of fused-ring (bicyclic) bond motifs is 1. The first-order valence-electron chi connectivity index (χ1n) is 8.64. The predicted octanol–water partition coefficient (Wildman–Crippen LogP) is 3.83. The van der Waals surface area contributed by atoms with Crippen molar-refractivity contribution in [2.75, 3.05) is 12.4 Å². The van der Waals surface area contributed by atoms with E-state index in [1.807, 2.05) is 41.3 Å². The van der Waals surface area contributed by atoms with E-state index in [-0.39, 0.29) is 6.03 Å². The Balaban J connectivity index is 1.57. The van der Waals surface area contributed by atoms with Gasteiger partial charge in [-0.2, -0.15) is 0 Å². The number of nitrogens with one attached hydrogen (secondary N) is 1. The van der Waals surface area contributed by atoms with E-state index in [9.17, 15) is 4.79 Å². The van der Waals surface area contributed by atoms with Crippen LogP contribution in [0.1, 0.15) is 18.4 Å². The molecule has 0 spiro atoms. The molecule has 1 aliphatic rings. The van der Waals surface area contributed by atoms with Gasteiger partial charge in [0, 0.05) is 48.3 Å². The molecule has 1 aliphatic carbocycles. The van der Waals surface area contributed by atoms with Crippen molar-refractivity contribution in [3.05, 3.63) is 60.6 Å². The summed E-state index contributed by atoms with van der Waals surface area (Å²) >= 11 is 0. The lowest BCUT2D eigenvalue weighted by Crippen LogP contribution is -2.36. The largest absolute Gasteiger partial charge is 0.494 e. The number of hydrogen-bond acceptors (Lipinski definition) is 4. The summed E-state index contributed by atoms with van der Waals surface area (Å²) in [6, 6.07) is 11.6. The van der Waals surface area contributed by atoms with Gasteiger partial charge in [0.25, 0.3) is 0 Å². The second-order valence-electron chi connectivity index (χ2n) is 6.40. The first-order valence-corrected chi connectivity index (χ1v) is 8.64. The summed E-state index contributed by atoms with van der Waals surface area (Å²) in [6.07, 6.45) is 7.32. The zero-order valence-corrected chi connectivity index (χ0v) is 14.6. The van der Waals surface area contributed by atoms with Gasteiger partial charge in [0.05, 0.1) is 7.11 Å². The first-order chi connectivity index (χ1) is 12.7. The van der Waals surface area contributed by atoms with Crippen molar-refractivity contribution >= 4 is 22.6 Å². The minimum Gasteiger partial charge on any atom is -0.494 e. The number of urea groups is 1. The Morgan fingerprint density at radius 3 is 2.77 bits per heavy atom. The monoisotopic (exact) mass is 348 g/mol. The van der Waals surface area contributed by atoms with Crippen molar-refractivity contribution in [2.24, 2.45) is 0 Å². The fraction of sp³-hybridized carbons (Fsp3) is 0.250. The Morgan fingerprint density at radius 2 is 2.04 bits per heavy atom. The minimum atomic E-state index is -0.102. The number of pyridine rings is 2. The Labute approximate surface area is 151 Å². The van der Waals surface area contributed by atoms with Crippen LogP contribution in [0.2, 0.25) is 0 Å². The van der Waals surface area contributed by atoms with E-state index in [2.05, 4.69) is 15.3 Å². The number of aromatic nitrogens is 2. The van der Waals surface area contributed by atoms with Crippen LogP contribution >= 0.6 is 0 Å². The predicted molar refractivity (Wildman–Crippen MR) is 100 cm³/mol. The molecule has 0 bridgehead atoms. The van der Waals surface area contributed by atoms with E-state index in [4.69, 9.17) is 4.74 Å². The van der Waals surface area contributed by atoms with Gasteiger partial charge in [-0.25, -0.2) is 4.79 Å². The van der Waals surface area contributed by atoms with Gasteiger partial charge in [-0.05, 0) is 42.7 Å². The highest BCUT2D eigenvalue weighted by atomic mass is 16.5. The van der Waals surface area contributed by atoms with E-state index in [1.165, 1.54) is 0 Å². The molecule has 6 nitrogen and oxygen atoms in total. The molecule has 0 atom stereocenters. The number of ether oxygens (including phenoxy) is 1. The van der Waals surface area contributed by atoms with Gasteiger partial charge in [-0.3, -0.25) is 9.97 Å². The molecule has 2 aromatic heterocycles. The molecular weight excluding hydrogens is 328 g/mol. The van der Waals surface area contributed by atoms with Crippen LogP contribution in [0.5, 0.6) is 5.75 Å². The number of carbonyl (C=O) groups is 1. The molecule has 2 heterocycles. The third-order valence-corrected chi connectivity index (χ3v) is 4.49. The maximum absolute atomic E-state index is 12.9. The number of benzene rings is 1. The SMILES string of the molecule is COc1cc(NC(=O)N(Cc2ccncc2)C2CC2)cc2cccnc12. The number of carbonyl (C=O) groups excluding carboxylic acids is 1. The molecule has 1 aromatic carbocycles. The summed E-state index contributed by atoms with van der Waals surface area (Å²) in [5.41, 5.74) is 2.55. The normalized spacial score (nSPS) is 13.4. The van der Waals surface area contributed by atoms with Crippen LogP contribution in [0.15, 0.2) is 55.0 Å². The fourth-order valence-corrected chi connectivity index (χ4v) is 3.02. The Kier molecular flexibility index (Phi) is 4.39. The Bertz CT molecular complexity index is 926. The van der Waals surface area contributed by atoms with Crippen LogP contribution in [0.4, 0.5) is 10.5 Å². The summed E-state index contributed by atoms with van der Waals surface area (Å²) in [5.74, 6) is 0.644. The maximum Gasteiger partial charge on any atom is 0.322 e. The second-order valence-corrected chi connectivity index (χ2v) is 6.40. The van der Waals surface area contributed by atoms with Crippen LogP contribution in [-0.4, -0.2) is 34.1 Å². The van der Waals surface area contributed by atoms with E-state index >= 15 is 0 Å². The van der Waals surface area contributed by atoms with Gasteiger partial charge < -0.3 is 15.0 Å². The highest BCUT2D eigenvalue weighted by Crippen LogP contribution is 2.31. The van der Waals surface area contributed by atoms with Crippen molar-refractivity contribution in [3.63, 3.8) is 0 Å². The Morgan fingerprint density at radius 1 is 1.23 bits per heavy atom. The van der Waals surface area contributed by atoms with Gasteiger partial charge in [-0.15, -0.1) is 0 Å². The van der Waals surface area contributed by atoms with Gasteiger partial charge in [-0.1, -0.05) is 6.07 Å². The van der Waals surface area contributed by atoms with E-state index in [0.29, 0.717) is 24.0 Å². The van der Waals surface area contributed by atoms with E-state index in [1.54, 1.807) is 25.7 Å². The quantitative estimate of drug-likeness (QED) is 0.761. The molecule has 26 heavy (non-hydrogen) atoms. The van der Waals surface area contributed by atoms with Crippen molar-refractivity contribution in [3.8, 4) is 5.75 Å². The minimum absolute atomic E-state index is 0.102. The van der Waals surface area contributed by atoms with Crippen LogP contribution < -0.4 is 10.1 Å². The van der Waals surface area contributed by atoms with Crippen LogP contribution in [0.25, 0.3) is 10.9 Å². The van der Waals surface area contributed by atoms with Crippen LogP contribution in [-0.2, 0) is 6.54 Å². The standard InChI is InChI=1S/C20H20N4O2/c1-26-18-12-16(11-15-3-2-8-22-19(15)18)23-20(25)24(17-4-5-17)13-14-6-9-21-10-7-14/h2-3,6-12,17H,4-5,13H2,1H3,(H,23,25). The van der Waals surface area contributed by atoms with Gasteiger partial charge >= 0.3 is 6.03 Å². The van der Waals surface area contributed by atoms with Crippen molar-refractivity contribution in [1.29, 1.82) is 0 Å². The Hall–Kier alpha value is -3.15. The molecule has 132 valence electrons. The average molecular weight is 348 g/mol. The van der Waals surface area contributed by atoms with Crippen molar-refractivity contribution in [1.82, 2.24) is 14.9 Å². The summed E-state index contributed by atoms with van der Waals surface area (Å²) < 4.78 is 5.43. The lowest BCUT2D eigenvalue weighted by molar-refractivity contribution is 0.206. The molecule has 1 saturated carbocycles.